The van der Waals surface area contributed by atoms with Crippen molar-refractivity contribution in [3.05, 3.63) is 131 Å². The SMILES string of the molecule is COC(=O)[C@H](NC(=O)[C@@H](Cc1ccccc1)OC(C)=O)[C@@H](O[C@@H]1OC[C@@H](OCc2ccccc2)[C@H](OCc2ccc(OC)cc2)[C@H]1OCc1ccc(OC)cc1)C(C)C. The van der Waals surface area contributed by atoms with Gasteiger partial charge < -0.3 is 47.9 Å². The zero-order chi connectivity index (χ0) is 42.1. The lowest BCUT2D eigenvalue weighted by molar-refractivity contribution is -0.313. The Morgan fingerprint density at radius 3 is 1.69 bits per heavy atom. The van der Waals surface area contributed by atoms with Crippen molar-refractivity contribution in [3.8, 4) is 11.5 Å². The van der Waals surface area contributed by atoms with Gasteiger partial charge in [0.05, 0.1) is 53.9 Å². The molecule has 59 heavy (non-hydrogen) atoms. The summed E-state index contributed by atoms with van der Waals surface area (Å²) >= 11 is 0. The van der Waals surface area contributed by atoms with E-state index in [-0.39, 0.29) is 38.8 Å². The minimum Gasteiger partial charge on any atom is -0.497 e. The first-order valence-electron chi connectivity index (χ1n) is 19.6. The van der Waals surface area contributed by atoms with E-state index in [0.29, 0.717) is 11.5 Å². The first-order valence-corrected chi connectivity index (χ1v) is 19.6. The lowest BCUT2D eigenvalue weighted by Gasteiger charge is -2.44. The second kappa shape index (κ2) is 22.7. The molecule has 13 heteroatoms. The molecule has 0 aromatic heterocycles. The lowest BCUT2D eigenvalue weighted by Crippen LogP contribution is -2.61. The van der Waals surface area contributed by atoms with Crippen molar-refractivity contribution in [3.63, 3.8) is 0 Å². The fraction of sp³-hybridized carbons (Fsp3) is 0.413. The van der Waals surface area contributed by atoms with Crippen molar-refractivity contribution in [2.45, 2.75) is 89.9 Å². The van der Waals surface area contributed by atoms with Crippen LogP contribution in [-0.2, 0) is 73.8 Å². The van der Waals surface area contributed by atoms with Crippen molar-refractivity contribution < 1.29 is 57.0 Å². The van der Waals surface area contributed by atoms with Crippen molar-refractivity contribution in [2.75, 3.05) is 27.9 Å². The van der Waals surface area contributed by atoms with Gasteiger partial charge in [-0.25, -0.2) is 4.79 Å². The monoisotopic (exact) mass is 813 g/mol. The molecule has 1 saturated heterocycles. The third-order valence-corrected chi connectivity index (χ3v) is 9.79. The summed E-state index contributed by atoms with van der Waals surface area (Å²) in [6.07, 6.45) is -5.54. The fourth-order valence-electron chi connectivity index (χ4n) is 6.63. The van der Waals surface area contributed by atoms with E-state index in [2.05, 4.69) is 5.32 Å². The molecule has 4 aromatic rings. The van der Waals surface area contributed by atoms with Gasteiger partial charge in [-0.05, 0) is 52.4 Å². The third-order valence-electron chi connectivity index (χ3n) is 9.79. The van der Waals surface area contributed by atoms with Crippen molar-refractivity contribution in [2.24, 2.45) is 5.92 Å². The number of hydrogen-bond donors (Lipinski definition) is 1. The predicted molar refractivity (Wildman–Crippen MR) is 217 cm³/mol. The number of esters is 2. The molecule has 1 fully saturated rings. The summed E-state index contributed by atoms with van der Waals surface area (Å²) in [4.78, 5) is 39.6. The molecule has 7 atom stereocenters. The number of carbonyl (C=O) groups is 3. The number of nitrogens with one attached hydrogen (secondary N) is 1. The van der Waals surface area contributed by atoms with Gasteiger partial charge in [0, 0.05) is 13.3 Å². The van der Waals surface area contributed by atoms with E-state index in [4.69, 9.17) is 42.6 Å². The van der Waals surface area contributed by atoms with E-state index in [9.17, 15) is 14.4 Å². The molecule has 1 heterocycles. The number of benzene rings is 4. The van der Waals surface area contributed by atoms with Gasteiger partial charge in [-0.1, -0.05) is 98.8 Å². The van der Waals surface area contributed by atoms with Crippen molar-refractivity contribution >= 4 is 17.8 Å². The summed E-state index contributed by atoms with van der Waals surface area (Å²) in [5, 5.41) is 2.77. The van der Waals surface area contributed by atoms with E-state index >= 15 is 0 Å². The molecule has 1 amide bonds. The van der Waals surface area contributed by atoms with Gasteiger partial charge >= 0.3 is 11.9 Å². The molecule has 0 unspecified atom stereocenters. The molecule has 0 saturated carbocycles. The van der Waals surface area contributed by atoms with Crippen LogP contribution in [0.25, 0.3) is 0 Å². The Kier molecular flexibility index (Phi) is 17.3. The highest BCUT2D eigenvalue weighted by Crippen LogP contribution is 2.30. The summed E-state index contributed by atoms with van der Waals surface area (Å²) in [5.41, 5.74) is 3.46. The van der Waals surface area contributed by atoms with E-state index in [1.165, 1.54) is 14.0 Å². The summed E-state index contributed by atoms with van der Waals surface area (Å²) in [5.74, 6) is -1.07. The highest BCUT2D eigenvalue weighted by Gasteiger charge is 2.47. The minimum absolute atomic E-state index is 0.0544. The molecular weight excluding hydrogens is 759 g/mol. The molecular formula is C46H55NO12. The first kappa shape index (κ1) is 44.8. The van der Waals surface area contributed by atoms with Gasteiger partial charge in [0.25, 0.3) is 5.91 Å². The van der Waals surface area contributed by atoms with Crippen LogP contribution in [0, 0.1) is 5.92 Å². The quantitative estimate of drug-likeness (QED) is 0.0987. The molecule has 1 N–H and O–H groups in total. The average Bonchev–Trinajstić information content (AvgIpc) is 3.26. The number of methoxy groups -OCH3 is 3. The maximum atomic E-state index is 13.9. The van der Waals surface area contributed by atoms with E-state index in [1.807, 2.05) is 123 Å². The standard InChI is InChI=1S/C46H55NO12/c1-30(2)41(40(45(50)53-6)47-44(49)38(58-31(3)48)25-32-13-9-7-10-14-32)59-46-43(56-28-35-19-23-37(52-5)24-20-35)42(55-27-34-17-21-36(51-4)22-18-34)39(29-57-46)54-26-33-15-11-8-12-16-33/h7-24,30,38-43,46H,25-29H2,1-6H3,(H,47,49)/t38-,39-,40-,41+,42+,43-,46+/m1/s1. The molecule has 1 aliphatic rings. The zero-order valence-electron chi connectivity index (χ0n) is 34.4. The Morgan fingerprint density at radius 2 is 1.19 bits per heavy atom. The highest BCUT2D eigenvalue weighted by molar-refractivity contribution is 5.88. The van der Waals surface area contributed by atoms with Gasteiger partial charge in [-0.2, -0.15) is 0 Å². The van der Waals surface area contributed by atoms with Crippen LogP contribution in [-0.4, -0.2) is 88.6 Å². The molecule has 0 radical (unpaired) electrons. The number of rotatable bonds is 21. The predicted octanol–water partition coefficient (Wildman–Crippen LogP) is 5.99. The van der Waals surface area contributed by atoms with E-state index in [1.54, 1.807) is 14.2 Å². The topological polar surface area (TPSA) is 146 Å². The van der Waals surface area contributed by atoms with Crippen LogP contribution in [0.2, 0.25) is 0 Å². The maximum Gasteiger partial charge on any atom is 0.331 e. The Bertz CT molecular complexity index is 1870. The lowest BCUT2D eigenvalue weighted by atomic mass is 9.97. The summed E-state index contributed by atoms with van der Waals surface area (Å²) < 4.78 is 54.4. The third kappa shape index (κ3) is 13.4. The number of hydrogen-bond acceptors (Lipinski definition) is 12. The van der Waals surface area contributed by atoms with Crippen LogP contribution in [0.4, 0.5) is 0 Å². The molecule has 13 nitrogen and oxygen atoms in total. The molecule has 0 bridgehead atoms. The highest BCUT2D eigenvalue weighted by atomic mass is 16.7. The smallest absolute Gasteiger partial charge is 0.331 e. The van der Waals surface area contributed by atoms with Crippen LogP contribution in [0.15, 0.2) is 109 Å². The zero-order valence-corrected chi connectivity index (χ0v) is 34.4. The second-order valence-electron chi connectivity index (χ2n) is 14.4. The maximum absolute atomic E-state index is 13.9. The molecule has 1 aliphatic heterocycles. The largest absolute Gasteiger partial charge is 0.497 e. The Balaban J connectivity index is 1.45. The second-order valence-corrected chi connectivity index (χ2v) is 14.4. The number of ether oxygens (including phenoxy) is 9. The van der Waals surface area contributed by atoms with Crippen molar-refractivity contribution in [1.82, 2.24) is 5.32 Å². The van der Waals surface area contributed by atoms with Gasteiger partial charge in [-0.15, -0.1) is 0 Å². The van der Waals surface area contributed by atoms with Gasteiger partial charge in [0.1, 0.15) is 29.8 Å². The van der Waals surface area contributed by atoms with Gasteiger partial charge in [-0.3, -0.25) is 9.59 Å². The molecule has 0 aliphatic carbocycles. The Labute approximate surface area is 346 Å². The fourth-order valence-corrected chi connectivity index (χ4v) is 6.63. The first-order chi connectivity index (χ1) is 28.6. The number of carbonyl (C=O) groups excluding carboxylic acids is 3. The normalized spacial score (nSPS) is 19.2. The summed E-state index contributed by atoms with van der Waals surface area (Å²) in [6.45, 7) is 5.59. The Morgan fingerprint density at radius 1 is 0.678 bits per heavy atom. The summed E-state index contributed by atoms with van der Waals surface area (Å²) in [7, 11) is 4.43. The van der Waals surface area contributed by atoms with Crippen LogP contribution >= 0.6 is 0 Å². The summed E-state index contributed by atoms with van der Waals surface area (Å²) in [6, 6.07) is 32.6. The minimum atomic E-state index is -1.34. The van der Waals surface area contributed by atoms with Gasteiger partial charge in [0.15, 0.2) is 18.4 Å². The molecule has 0 spiro atoms. The van der Waals surface area contributed by atoms with Crippen LogP contribution in [0.5, 0.6) is 11.5 Å². The number of amides is 1. The van der Waals surface area contributed by atoms with Crippen molar-refractivity contribution in [1.29, 1.82) is 0 Å². The van der Waals surface area contributed by atoms with E-state index in [0.717, 1.165) is 22.3 Å². The average molecular weight is 814 g/mol. The molecule has 5 rings (SSSR count). The molecule has 4 aromatic carbocycles. The van der Waals surface area contributed by atoms with Crippen LogP contribution < -0.4 is 14.8 Å². The molecule has 316 valence electrons. The van der Waals surface area contributed by atoms with Gasteiger partial charge in [0.2, 0.25) is 0 Å². The van der Waals surface area contributed by atoms with E-state index < -0.39 is 60.7 Å². The van der Waals surface area contributed by atoms with Crippen LogP contribution in [0.1, 0.15) is 43.0 Å². The van der Waals surface area contributed by atoms with Crippen LogP contribution in [0.3, 0.4) is 0 Å². The Hall–Kier alpha value is -5.31.